The van der Waals surface area contributed by atoms with Gasteiger partial charge >= 0.3 is 119 Å². The van der Waals surface area contributed by atoms with Gasteiger partial charge in [-0.3, -0.25) is 0 Å². The van der Waals surface area contributed by atoms with E-state index in [9.17, 15) is 0 Å². The molecule has 102 valence electrons. The van der Waals surface area contributed by atoms with E-state index < -0.39 is 0 Å². The summed E-state index contributed by atoms with van der Waals surface area (Å²) in [5.41, 5.74) is 4.78. The maximum atomic E-state index is 3.43. The zero-order valence-corrected chi connectivity index (χ0v) is 14.0. The van der Waals surface area contributed by atoms with Gasteiger partial charge in [-0.05, 0) is 0 Å². The zero-order chi connectivity index (χ0) is 13.1. The van der Waals surface area contributed by atoms with Gasteiger partial charge in [0.1, 0.15) is 0 Å². The molecule has 0 aromatic heterocycles. The average Bonchev–Trinajstić information content (AvgIpc) is 2.75. The van der Waals surface area contributed by atoms with Crippen LogP contribution in [0.15, 0.2) is 22.5 Å². The summed E-state index contributed by atoms with van der Waals surface area (Å²) in [6.07, 6.45) is 5.76. The van der Waals surface area contributed by atoms with Gasteiger partial charge in [-0.1, -0.05) is 0 Å². The van der Waals surface area contributed by atoms with Gasteiger partial charge in [0.15, 0.2) is 0 Å². The summed E-state index contributed by atoms with van der Waals surface area (Å²) in [4.78, 5) is 2.48. The van der Waals surface area contributed by atoms with Crippen molar-refractivity contribution in [2.24, 2.45) is 5.92 Å². The fourth-order valence-corrected chi connectivity index (χ4v) is 3.19. The summed E-state index contributed by atoms with van der Waals surface area (Å²) in [5.74, 6) is 0.664. The van der Waals surface area contributed by atoms with Crippen LogP contribution in [-0.2, 0) is 0 Å². The first-order valence-corrected chi connectivity index (χ1v) is 7.94. The molecule has 0 bridgehead atoms. The molecule has 2 aliphatic heterocycles. The summed E-state index contributed by atoms with van der Waals surface area (Å²) in [6.45, 7) is 7.83. The van der Waals surface area contributed by atoms with E-state index in [1.165, 1.54) is 16.6 Å². The predicted octanol–water partition coefficient (Wildman–Crippen LogP) is 0.0722. The number of nitrogens with zero attached hydrogens (tertiary/aromatic N) is 2. The first-order chi connectivity index (χ1) is 8.58. The van der Waals surface area contributed by atoms with Crippen molar-refractivity contribution in [3.05, 3.63) is 22.5 Å². The van der Waals surface area contributed by atoms with Crippen LogP contribution in [0.3, 0.4) is 0 Å². The molecule has 0 aromatic rings. The molecule has 2 rings (SSSR count). The number of likely N-dealkylation sites (N-methyl/N-ethyl adjacent to an activating group) is 1. The van der Waals surface area contributed by atoms with Gasteiger partial charge in [-0.2, -0.15) is 0 Å². The molecule has 4 nitrogen and oxygen atoms in total. The van der Waals surface area contributed by atoms with Gasteiger partial charge in [0.2, 0.25) is 0 Å². The van der Waals surface area contributed by atoms with Gasteiger partial charge in [-0.15, -0.1) is 0 Å². The minimum atomic E-state index is 0.638. The molecule has 0 amide bonds. The van der Waals surface area contributed by atoms with Crippen LogP contribution >= 0.6 is 0 Å². The summed E-state index contributed by atoms with van der Waals surface area (Å²) >= 11 is 1.65. The molecule has 2 heterocycles. The first kappa shape index (κ1) is 13.8. The van der Waals surface area contributed by atoms with E-state index >= 15 is 0 Å². The number of hydrogen-bond donors (Lipinski definition) is 2. The van der Waals surface area contributed by atoms with E-state index in [0.717, 1.165) is 19.6 Å². The van der Waals surface area contributed by atoms with Gasteiger partial charge in [0.25, 0.3) is 0 Å². The molecule has 2 atom stereocenters. The van der Waals surface area contributed by atoms with E-state index in [1.54, 1.807) is 16.9 Å². The van der Waals surface area contributed by atoms with Crippen molar-refractivity contribution < 1.29 is 0 Å². The maximum absolute atomic E-state index is 3.43. The van der Waals surface area contributed by atoms with Crippen LogP contribution in [-0.4, -0.2) is 59.5 Å². The molecule has 18 heavy (non-hydrogen) atoms. The Labute approximate surface area is 119 Å². The number of allylic oxidation sites excluding steroid dienone is 1. The number of hydrazine groups is 1. The molecule has 1 unspecified atom stereocenters. The van der Waals surface area contributed by atoms with Crippen molar-refractivity contribution >= 4 is 16.9 Å². The molecule has 0 aromatic carbocycles. The fourth-order valence-electron chi connectivity index (χ4n) is 2.48. The molecular formula is C13H25AsN4. The number of rotatable bonds is 4. The normalized spacial score (nSPS) is 24.2. The van der Waals surface area contributed by atoms with Crippen molar-refractivity contribution in [2.45, 2.75) is 26.3 Å². The van der Waals surface area contributed by atoms with Crippen molar-refractivity contribution in [1.82, 2.24) is 20.7 Å². The van der Waals surface area contributed by atoms with Crippen molar-refractivity contribution in [3.63, 3.8) is 0 Å². The number of likely N-dealkylation sites (tertiary alicyclic amines) is 1. The topological polar surface area (TPSA) is 30.5 Å². The van der Waals surface area contributed by atoms with E-state index in [1.807, 2.05) is 0 Å². The molecule has 0 spiro atoms. The second kappa shape index (κ2) is 6.03. The first-order valence-electron chi connectivity index (χ1n) is 6.73. The minimum absolute atomic E-state index is 0.638. The third kappa shape index (κ3) is 3.45. The Morgan fingerprint density at radius 3 is 2.94 bits per heavy atom. The second-order valence-corrected chi connectivity index (χ2v) is 6.84. The Bertz CT molecular complexity index is 351. The Kier molecular flexibility index (Phi) is 4.63. The van der Waals surface area contributed by atoms with E-state index in [0.29, 0.717) is 12.0 Å². The van der Waals surface area contributed by atoms with E-state index in [4.69, 9.17) is 0 Å². The monoisotopic (exact) mass is 312 g/mol. The van der Waals surface area contributed by atoms with Crippen LogP contribution in [0.1, 0.15) is 20.3 Å². The van der Waals surface area contributed by atoms with Crippen LogP contribution in [0.25, 0.3) is 0 Å². The van der Waals surface area contributed by atoms with Gasteiger partial charge < -0.3 is 0 Å². The van der Waals surface area contributed by atoms with E-state index in [-0.39, 0.29) is 0 Å². The van der Waals surface area contributed by atoms with Gasteiger partial charge in [0.05, 0.1) is 0 Å². The van der Waals surface area contributed by atoms with Crippen LogP contribution in [0, 0.1) is 5.92 Å². The summed E-state index contributed by atoms with van der Waals surface area (Å²) in [5, 5.41) is 5.60. The summed E-state index contributed by atoms with van der Waals surface area (Å²) in [6, 6.07) is 0.638. The van der Waals surface area contributed by atoms with Crippen LogP contribution in [0.5, 0.6) is 0 Å². The number of nitrogens with one attached hydrogen (secondary N) is 2. The van der Waals surface area contributed by atoms with Crippen LogP contribution in [0.4, 0.5) is 0 Å². The SMILES string of the molecule is CN[C@@H]1CCN(C2=CN(CC(C)C)NC([AsH2])=C2)C1. The molecule has 0 radical (unpaired) electrons. The van der Waals surface area contributed by atoms with Crippen molar-refractivity contribution in [3.8, 4) is 0 Å². The Morgan fingerprint density at radius 2 is 2.33 bits per heavy atom. The molecular weight excluding hydrogens is 287 g/mol. The molecule has 1 fully saturated rings. The standard InChI is InChI=1S/C13H25AsN4/c1-10(2)7-18-9-12(6-13(14)16-18)17-5-4-11(8-17)15-3/h6,9-11,15-16H,4-5,7-8,14H2,1-3H3/t11-/m1/s1. The molecule has 2 aliphatic rings. The number of hydrogen-bond acceptors (Lipinski definition) is 4. The molecule has 2 N–H and O–H groups in total. The third-order valence-corrected chi connectivity index (χ3v) is 4.01. The molecule has 0 aliphatic carbocycles. The Hall–Kier alpha value is -0.602. The molecule has 0 saturated carbocycles. The van der Waals surface area contributed by atoms with Crippen LogP contribution < -0.4 is 10.7 Å². The van der Waals surface area contributed by atoms with Gasteiger partial charge in [-0.25, -0.2) is 0 Å². The van der Waals surface area contributed by atoms with Gasteiger partial charge in [0, 0.05) is 0 Å². The second-order valence-electron chi connectivity index (χ2n) is 5.53. The third-order valence-electron chi connectivity index (χ3n) is 3.39. The van der Waals surface area contributed by atoms with Crippen LogP contribution in [0.2, 0.25) is 0 Å². The summed E-state index contributed by atoms with van der Waals surface area (Å²) in [7, 11) is 2.06. The van der Waals surface area contributed by atoms with E-state index in [2.05, 4.69) is 53.8 Å². The Balaban J connectivity index is 2.03. The predicted molar refractivity (Wildman–Crippen MR) is 78.4 cm³/mol. The quantitative estimate of drug-likeness (QED) is 0.720. The Morgan fingerprint density at radius 1 is 1.56 bits per heavy atom. The summed E-state index contributed by atoms with van der Waals surface area (Å²) < 4.78 is 1.29. The zero-order valence-electron chi connectivity index (χ0n) is 11.6. The molecule has 5 heteroatoms. The van der Waals surface area contributed by atoms with Crippen molar-refractivity contribution in [2.75, 3.05) is 26.7 Å². The van der Waals surface area contributed by atoms with Crippen molar-refractivity contribution in [1.29, 1.82) is 0 Å². The fraction of sp³-hybridized carbons (Fsp3) is 0.692. The molecule has 1 saturated heterocycles. The average molecular weight is 312 g/mol.